The molecule has 29 heavy (non-hydrogen) atoms. The highest BCUT2D eigenvalue weighted by Crippen LogP contribution is 2.36. The van der Waals surface area contributed by atoms with Crippen molar-refractivity contribution in [1.82, 2.24) is 9.78 Å². The van der Waals surface area contributed by atoms with Crippen LogP contribution in [0.1, 0.15) is 20.8 Å². The van der Waals surface area contributed by atoms with Crippen molar-refractivity contribution in [2.75, 3.05) is 14.2 Å². The van der Waals surface area contributed by atoms with Gasteiger partial charge in [0.15, 0.2) is 11.5 Å². The molecule has 0 aliphatic rings. The van der Waals surface area contributed by atoms with Gasteiger partial charge in [0.1, 0.15) is 27.9 Å². The molecule has 6 nitrogen and oxygen atoms in total. The molecule has 2 aromatic carbocycles. The van der Waals surface area contributed by atoms with E-state index in [-0.39, 0.29) is 0 Å². The van der Waals surface area contributed by atoms with Crippen LogP contribution in [0.3, 0.4) is 0 Å². The predicted octanol–water partition coefficient (Wildman–Crippen LogP) is 4.18. The molecular formula is C19H12ClF3N2O4. The number of carbonyl (C=O) groups excluding carboxylic acids is 2. The lowest BCUT2D eigenvalue weighted by molar-refractivity contribution is 0.0549. The first-order valence-electron chi connectivity index (χ1n) is 8.00. The first-order valence-corrected chi connectivity index (χ1v) is 8.38. The molecule has 10 heteroatoms. The number of hydrogen-bond acceptors (Lipinski definition) is 5. The number of halogens is 4. The van der Waals surface area contributed by atoms with Gasteiger partial charge in [-0.1, -0.05) is 29.8 Å². The topological polar surface area (TPSA) is 70.4 Å². The molecule has 0 fully saturated rings. The van der Waals surface area contributed by atoms with E-state index < -0.39 is 56.9 Å². The van der Waals surface area contributed by atoms with Gasteiger partial charge < -0.3 is 9.47 Å². The van der Waals surface area contributed by atoms with E-state index in [0.29, 0.717) is 11.8 Å². The Morgan fingerprint density at radius 3 is 2.21 bits per heavy atom. The number of ether oxygens (including phenoxy) is 2. The van der Waals surface area contributed by atoms with Gasteiger partial charge in [-0.25, -0.2) is 27.4 Å². The number of hydrogen-bond donors (Lipinski definition) is 0. The summed E-state index contributed by atoms with van der Waals surface area (Å²) in [4.78, 5) is 24.9. The molecule has 0 bridgehead atoms. The largest absolute Gasteiger partial charge is 0.465 e. The smallest absolute Gasteiger partial charge is 0.357 e. The van der Waals surface area contributed by atoms with Crippen LogP contribution in [-0.4, -0.2) is 35.9 Å². The highest BCUT2D eigenvalue weighted by atomic mass is 35.5. The van der Waals surface area contributed by atoms with E-state index in [9.17, 15) is 22.8 Å². The summed E-state index contributed by atoms with van der Waals surface area (Å²) in [6, 6.07) is 8.34. The van der Waals surface area contributed by atoms with Crippen LogP contribution < -0.4 is 0 Å². The van der Waals surface area contributed by atoms with E-state index >= 15 is 0 Å². The Hall–Kier alpha value is -3.33. The van der Waals surface area contributed by atoms with Gasteiger partial charge in [-0.05, 0) is 12.1 Å². The fraction of sp³-hybridized carbons (Fsp3) is 0.105. The van der Waals surface area contributed by atoms with Crippen LogP contribution in [-0.2, 0) is 9.47 Å². The SMILES string of the molecule is COC(=O)c1c(-c2c(F)cc(F)c(Cl)c2F)nn(-c2ccccc2)c1C(=O)OC. The van der Waals surface area contributed by atoms with Gasteiger partial charge in [0, 0.05) is 6.07 Å². The Morgan fingerprint density at radius 2 is 1.62 bits per heavy atom. The molecule has 0 aliphatic heterocycles. The highest BCUT2D eigenvalue weighted by Gasteiger charge is 2.34. The molecule has 0 amide bonds. The van der Waals surface area contributed by atoms with E-state index in [1.54, 1.807) is 18.2 Å². The van der Waals surface area contributed by atoms with Crippen LogP contribution in [0.2, 0.25) is 5.02 Å². The molecule has 1 aromatic heterocycles. The van der Waals surface area contributed by atoms with Crippen molar-refractivity contribution in [3.63, 3.8) is 0 Å². The number of aromatic nitrogens is 2. The van der Waals surface area contributed by atoms with Gasteiger partial charge in [-0.15, -0.1) is 0 Å². The molecule has 0 N–H and O–H groups in total. The first kappa shape index (κ1) is 20.4. The molecule has 0 unspecified atom stereocenters. The molecule has 1 heterocycles. The van der Waals surface area contributed by atoms with Crippen molar-refractivity contribution in [1.29, 1.82) is 0 Å². The molecule has 0 spiro atoms. The minimum Gasteiger partial charge on any atom is -0.465 e. The van der Waals surface area contributed by atoms with Crippen LogP contribution >= 0.6 is 11.6 Å². The Morgan fingerprint density at radius 1 is 1.00 bits per heavy atom. The summed E-state index contributed by atoms with van der Waals surface area (Å²) in [7, 11) is 2.07. The molecule has 0 atom stereocenters. The normalized spacial score (nSPS) is 10.7. The maximum absolute atomic E-state index is 14.7. The van der Waals surface area contributed by atoms with Crippen molar-refractivity contribution in [2.45, 2.75) is 0 Å². The van der Waals surface area contributed by atoms with Crippen LogP contribution in [0.4, 0.5) is 13.2 Å². The van der Waals surface area contributed by atoms with Gasteiger partial charge in [-0.2, -0.15) is 5.10 Å². The van der Waals surface area contributed by atoms with E-state index in [1.165, 1.54) is 12.1 Å². The quantitative estimate of drug-likeness (QED) is 0.357. The number of rotatable bonds is 4. The van der Waals surface area contributed by atoms with E-state index in [2.05, 4.69) is 9.84 Å². The van der Waals surface area contributed by atoms with Gasteiger partial charge in [0.2, 0.25) is 0 Å². The Labute approximate surface area is 167 Å². The Bertz CT molecular complexity index is 1120. The lowest BCUT2D eigenvalue weighted by atomic mass is 10.0. The molecule has 0 aliphatic carbocycles. The zero-order chi connectivity index (χ0) is 21.3. The second-order valence-corrected chi connectivity index (χ2v) is 6.02. The maximum atomic E-state index is 14.7. The highest BCUT2D eigenvalue weighted by molar-refractivity contribution is 6.31. The van der Waals surface area contributed by atoms with Crippen LogP contribution in [0, 0.1) is 17.5 Å². The van der Waals surface area contributed by atoms with E-state index in [1.807, 2.05) is 0 Å². The molecule has 3 aromatic rings. The number of para-hydroxylation sites is 1. The number of esters is 2. The summed E-state index contributed by atoms with van der Waals surface area (Å²) in [5.74, 6) is -6.31. The van der Waals surface area contributed by atoms with Crippen LogP contribution in [0.15, 0.2) is 36.4 Å². The van der Waals surface area contributed by atoms with Gasteiger partial charge in [0.05, 0.1) is 25.5 Å². The molecule has 0 saturated heterocycles. The minimum atomic E-state index is -1.48. The standard InChI is InChI=1S/C19H12ClF3N2O4/c1-28-18(26)13-16(12-10(21)8-11(22)14(20)15(12)23)24-25(17(13)19(27)29-2)9-6-4-3-5-7-9/h3-8H,1-2H3. The minimum absolute atomic E-state index is 0.290. The van der Waals surface area contributed by atoms with E-state index in [4.69, 9.17) is 16.3 Å². The van der Waals surface area contributed by atoms with Gasteiger partial charge >= 0.3 is 11.9 Å². The van der Waals surface area contributed by atoms with Crippen molar-refractivity contribution < 1.29 is 32.2 Å². The van der Waals surface area contributed by atoms with E-state index in [0.717, 1.165) is 18.9 Å². The number of methoxy groups -OCH3 is 2. The predicted molar refractivity (Wildman–Crippen MR) is 96.6 cm³/mol. The summed E-state index contributed by atoms with van der Waals surface area (Å²) in [6.45, 7) is 0. The van der Waals surface area contributed by atoms with Crippen LogP contribution in [0.5, 0.6) is 0 Å². The molecule has 0 radical (unpaired) electrons. The van der Waals surface area contributed by atoms with Crippen LogP contribution in [0.25, 0.3) is 16.9 Å². The maximum Gasteiger partial charge on any atom is 0.357 e. The van der Waals surface area contributed by atoms with Gasteiger partial charge in [0.25, 0.3) is 0 Å². The van der Waals surface area contributed by atoms with Crippen molar-refractivity contribution in [3.05, 3.63) is 70.1 Å². The molecule has 3 rings (SSSR count). The summed E-state index contributed by atoms with van der Waals surface area (Å²) in [6.07, 6.45) is 0. The molecule has 150 valence electrons. The summed E-state index contributed by atoms with van der Waals surface area (Å²) < 4.78 is 53.1. The fourth-order valence-corrected chi connectivity index (χ4v) is 2.86. The number of carbonyl (C=O) groups is 2. The van der Waals surface area contributed by atoms with Crippen molar-refractivity contribution in [3.8, 4) is 16.9 Å². The van der Waals surface area contributed by atoms with Crippen molar-refractivity contribution in [2.24, 2.45) is 0 Å². The molecular weight excluding hydrogens is 413 g/mol. The number of benzene rings is 2. The Balaban J connectivity index is 2.46. The van der Waals surface area contributed by atoms with Crippen molar-refractivity contribution >= 4 is 23.5 Å². The molecule has 0 saturated carbocycles. The summed E-state index contributed by atoms with van der Waals surface area (Å²) in [5.41, 5.74) is -2.20. The average molecular weight is 425 g/mol. The monoisotopic (exact) mass is 424 g/mol. The zero-order valence-electron chi connectivity index (χ0n) is 15.0. The summed E-state index contributed by atoms with van der Waals surface area (Å²) >= 11 is 5.56. The number of nitrogens with zero attached hydrogens (tertiary/aromatic N) is 2. The summed E-state index contributed by atoms with van der Waals surface area (Å²) in [5, 5.41) is 3.04. The third-order valence-electron chi connectivity index (χ3n) is 4.01. The second kappa shape index (κ2) is 7.96. The average Bonchev–Trinajstić information content (AvgIpc) is 3.11. The second-order valence-electron chi connectivity index (χ2n) is 5.65. The zero-order valence-corrected chi connectivity index (χ0v) is 15.8. The third kappa shape index (κ3) is 3.44. The lowest BCUT2D eigenvalue weighted by Gasteiger charge is -2.07. The third-order valence-corrected chi connectivity index (χ3v) is 4.35. The lowest BCUT2D eigenvalue weighted by Crippen LogP contribution is -2.15. The Kier molecular flexibility index (Phi) is 5.60. The fourth-order valence-electron chi connectivity index (χ4n) is 2.71. The van der Waals surface area contributed by atoms with Gasteiger partial charge in [-0.3, -0.25) is 0 Å². The first-order chi connectivity index (χ1) is 13.8.